The first-order chi connectivity index (χ1) is 13.9. The molecule has 1 N–H and O–H groups in total. The summed E-state index contributed by atoms with van der Waals surface area (Å²) < 4.78 is 7.71. The first-order valence-electron chi connectivity index (χ1n) is 10.2. The van der Waals surface area contributed by atoms with Crippen LogP contribution in [0, 0.1) is 17.2 Å². The summed E-state index contributed by atoms with van der Waals surface area (Å²) in [5.41, 5.74) is -0.901. The Bertz CT molecular complexity index is 864. The predicted octanol–water partition coefficient (Wildman–Crippen LogP) is 4.58. The van der Waals surface area contributed by atoms with Crippen molar-refractivity contribution in [3.63, 3.8) is 0 Å². The first kappa shape index (κ1) is 21.4. The van der Waals surface area contributed by atoms with Crippen molar-refractivity contribution in [2.75, 3.05) is 0 Å². The lowest BCUT2D eigenvalue weighted by atomic mass is 9.90. The number of carbonyl (C=O) groups is 1. The molecule has 2 aromatic rings. The van der Waals surface area contributed by atoms with Crippen LogP contribution >= 0.6 is 11.8 Å². The van der Waals surface area contributed by atoms with E-state index < -0.39 is 10.8 Å². The van der Waals surface area contributed by atoms with Crippen molar-refractivity contribution in [2.24, 2.45) is 5.92 Å². The Kier molecular flexibility index (Phi) is 6.68. The largest absolute Gasteiger partial charge is 0.461 e. The summed E-state index contributed by atoms with van der Waals surface area (Å²) in [6.07, 6.45) is 7.37. The first-order valence-corrected chi connectivity index (χ1v) is 11.1. The van der Waals surface area contributed by atoms with E-state index in [1.807, 2.05) is 32.9 Å². The summed E-state index contributed by atoms with van der Waals surface area (Å²) >= 11 is 1.38. The summed E-state index contributed by atoms with van der Waals surface area (Å²) in [7, 11) is 0. The van der Waals surface area contributed by atoms with E-state index in [1.165, 1.54) is 31.0 Å². The Morgan fingerprint density at radius 1 is 1.34 bits per heavy atom. The van der Waals surface area contributed by atoms with Crippen LogP contribution in [-0.4, -0.2) is 31.5 Å². The van der Waals surface area contributed by atoms with E-state index in [4.69, 9.17) is 4.42 Å². The smallest absolute Gasteiger partial charge is 0.234 e. The summed E-state index contributed by atoms with van der Waals surface area (Å²) in [4.78, 5) is 12.8. The van der Waals surface area contributed by atoms with Gasteiger partial charge in [0.25, 0.3) is 0 Å². The van der Waals surface area contributed by atoms with Gasteiger partial charge in [0.1, 0.15) is 5.54 Å². The molecule has 1 aliphatic rings. The fraction of sp³-hybridized carbons (Fsp3) is 0.619. The molecule has 2 atom stereocenters. The number of aromatic nitrogens is 3. The Balaban J connectivity index is 1.83. The predicted molar refractivity (Wildman–Crippen MR) is 112 cm³/mol. The number of hydrogen-bond acceptors (Lipinski definition) is 6. The van der Waals surface area contributed by atoms with Crippen LogP contribution in [0.1, 0.15) is 65.8 Å². The molecule has 0 radical (unpaired) electrons. The molecule has 2 unspecified atom stereocenters. The SMILES string of the molecule is CC(Sc1nnc(-c2ccco2)n1C1CCCCC1)C(=O)NC(C)(C#N)C(C)C. The number of carbonyl (C=O) groups excluding carboxylic acids is 1. The Labute approximate surface area is 176 Å². The average Bonchev–Trinajstić information content (AvgIpc) is 3.38. The van der Waals surface area contributed by atoms with E-state index in [2.05, 4.69) is 26.2 Å². The van der Waals surface area contributed by atoms with E-state index in [0.29, 0.717) is 22.8 Å². The van der Waals surface area contributed by atoms with Crippen molar-refractivity contribution < 1.29 is 9.21 Å². The maximum absolute atomic E-state index is 12.8. The summed E-state index contributed by atoms with van der Waals surface area (Å²) in [5.74, 6) is 1.22. The number of nitrogens with one attached hydrogen (secondary N) is 1. The van der Waals surface area contributed by atoms with Gasteiger partial charge in [-0.05, 0) is 44.7 Å². The molecule has 0 saturated heterocycles. The van der Waals surface area contributed by atoms with Gasteiger partial charge in [0.05, 0.1) is 17.6 Å². The Morgan fingerprint density at radius 3 is 2.66 bits per heavy atom. The van der Waals surface area contributed by atoms with Crippen molar-refractivity contribution in [3.05, 3.63) is 18.4 Å². The van der Waals surface area contributed by atoms with E-state index in [1.54, 1.807) is 13.2 Å². The van der Waals surface area contributed by atoms with Crippen LogP contribution in [0.15, 0.2) is 28.0 Å². The van der Waals surface area contributed by atoms with Crippen LogP contribution in [0.5, 0.6) is 0 Å². The van der Waals surface area contributed by atoms with Gasteiger partial charge in [-0.3, -0.25) is 9.36 Å². The third-order valence-electron chi connectivity index (χ3n) is 5.77. The molecule has 0 aromatic carbocycles. The highest BCUT2D eigenvalue weighted by atomic mass is 32.2. The molecule has 7 nitrogen and oxygen atoms in total. The summed E-state index contributed by atoms with van der Waals surface area (Å²) in [6, 6.07) is 6.25. The molecule has 1 fully saturated rings. The number of nitriles is 1. The summed E-state index contributed by atoms with van der Waals surface area (Å²) in [6.45, 7) is 7.45. The molecule has 1 saturated carbocycles. The van der Waals surface area contributed by atoms with Gasteiger partial charge in [0.2, 0.25) is 11.7 Å². The van der Waals surface area contributed by atoms with Crippen molar-refractivity contribution in [1.82, 2.24) is 20.1 Å². The zero-order chi connectivity index (χ0) is 21.0. The third-order valence-corrected chi connectivity index (χ3v) is 6.82. The second kappa shape index (κ2) is 9.04. The molecule has 8 heteroatoms. The van der Waals surface area contributed by atoms with Crippen molar-refractivity contribution in [1.29, 1.82) is 5.26 Å². The highest BCUT2D eigenvalue weighted by Gasteiger charge is 2.33. The lowest BCUT2D eigenvalue weighted by Crippen LogP contribution is -2.51. The van der Waals surface area contributed by atoms with Crippen molar-refractivity contribution >= 4 is 17.7 Å². The van der Waals surface area contributed by atoms with Crippen molar-refractivity contribution in [3.8, 4) is 17.7 Å². The molecule has 3 rings (SSSR count). The molecule has 0 bridgehead atoms. The summed E-state index contributed by atoms with van der Waals surface area (Å²) in [5, 5.41) is 21.5. The maximum atomic E-state index is 12.8. The van der Waals surface area contributed by atoms with Crippen LogP contribution in [0.4, 0.5) is 0 Å². The number of rotatable bonds is 7. The number of furan rings is 1. The Hall–Kier alpha value is -2.27. The van der Waals surface area contributed by atoms with Gasteiger partial charge in [0, 0.05) is 6.04 Å². The van der Waals surface area contributed by atoms with E-state index in [-0.39, 0.29) is 11.8 Å². The molecule has 1 aliphatic carbocycles. The van der Waals surface area contributed by atoms with Crippen LogP contribution in [0.3, 0.4) is 0 Å². The molecule has 2 heterocycles. The molecule has 2 aromatic heterocycles. The average molecular weight is 416 g/mol. The van der Waals surface area contributed by atoms with Crippen LogP contribution in [0.25, 0.3) is 11.6 Å². The van der Waals surface area contributed by atoms with Crippen molar-refractivity contribution in [2.45, 2.75) is 81.8 Å². The third kappa shape index (κ3) is 4.67. The zero-order valence-electron chi connectivity index (χ0n) is 17.5. The zero-order valence-corrected chi connectivity index (χ0v) is 18.3. The quantitative estimate of drug-likeness (QED) is 0.665. The molecular weight excluding hydrogens is 386 g/mol. The van der Waals surface area contributed by atoms with E-state index in [9.17, 15) is 10.1 Å². The van der Waals surface area contributed by atoms with Crippen LogP contribution in [-0.2, 0) is 4.79 Å². The molecule has 29 heavy (non-hydrogen) atoms. The number of nitrogens with zero attached hydrogens (tertiary/aromatic N) is 4. The lowest BCUT2D eigenvalue weighted by Gasteiger charge is -2.29. The second-order valence-corrected chi connectivity index (χ2v) is 9.47. The van der Waals surface area contributed by atoms with Gasteiger partial charge >= 0.3 is 0 Å². The molecule has 1 amide bonds. The van der Waals surface area contributed by atoms with E-state index >= 15 is 0 Å². The monoisotopic (exact) mass is 415 g/mol. The number of thioether (sulfide) groups is 1. The lowest BCUT2D eigenvalue weighted by molar-refractivity contribution is -0.121. The minimum absolute atomic E-state index is 0.00472. The van der Waals surface area contributed by atoms with Gasteiger partial charge in [0.15, 0.2) is 10.9 Å². The van der Waals surface area contributed by atoms with Gasteiger partial charge in [-0.2, -0.15) is 5.26 Å². The van der Waals surface area contributed by atoms with Gasteiger partial charge in [-0.25, -0.2) is 0 Å². The van der Waals surface area contributed by atoms with Gasteiger partial charge in [-0.15, -0.1) is 10.2 Å². The second-order valence-electron chi connectivity index (χ2n) is 8.16. The van der Waals surface area contributed by atoms with E-state index in [0.717, 1.165) is 12.8 Å². The minimum Gasteiger partial charge on any atom is -0.461 e. The van der Waals surface area contributed by atoms with Gasteiger partial charge in [-0.1, -0.05) is 44.9 Å². The highest BCUT2D eigenvalue weighted by molar-refractivity contribution is 8.00. The number of amides is 1. The van der Waals surface area contributed by atoms with Crippen LogP contribution < -0.4 is 5.32 Å². The van der Waals surface area contributed by atoms with Gasteiger partial charge < -0.3 is 9.73 Å². The molecular formula is C21H29N5O2S. The standard InChI is InChI=1S/C21H29N5O2S/c1-14(2)21(4,13-22)23-19(27)15(3)29-20-25-24-18(17-11-8-12-28-17)26(20)16-9-6-5-7-10-16/h8,11-12,14-16H,5-7,9-10H2,1-4H3,(H,23,27). The molecule has 0 aliphatic heterocycles. The molecule has 0 spiro atoms. The molecule has 156 valence electrons. The highest BCUT2D eigenvalue weighted by Crippen LogP contribution is 2.36. The fourth-order valence-electron chi connectivity index (χ4n) is 3.47. The maximum Gasteiger partial charge on any atom is 0.234 e. The Morgan fingerprint density at radius 2 is 2.07 bits per heavy atom. The fourth-order valence-corrected chi connectivity index (χ4v) is 4.39. The minimum atomic E-state index is -0.901. The normalized spacial score (nSPS) is 18.2. The topological polar surface area (TPSA) is 96.7 Å². The number of hydrogen-bond donors (Lipinski definition) is 1. The van der Waals surface area contributed by atoms with Crippen LogP contribution in [0.2, 0.25) is 0 Å².